The van der Waals surface area contributed by atoms with Gasteiger partial charge in [0.1, 0.15) is 5.78 Å². The van der Waals surface area contributed by atoms with Crippen LogP contribution in [0.4, 0.5) is 5.69 Å². The van der Waals surface area contributed by atoms with Crippen molar-refractivity contribution in [1.82, 2.24) is 0 Å². The Bertz CT molecular complexity index is 774. The molecule has 1 amide bonds. The number of anilines is 1. The minimum Gasteiger partial charge on any atom is -0.453 e. The fourth-order valence-corrected chi connectivity index (χ4v) is 3.67. The smallest absolute Gasteiger partial charge is 0.307 e. The van der Waals surface area contributed by atoms with Gasteiger partial charge in [0.2, 0.25) is 6.54 Å². The molecule has 1 fully saturated rings. The van der Waals surface area contributed by atoms with E-state index in [1.165, 1.54) is 6.92 Å². The van der Waals surface area contributed by atoms with Gasteiger partial charge >= 0.3 is 5.97 Å². The molecule has 29 heavy (non-hydrogen) atoms. The minimum atomic E-state index is -1.05. The number of carbonyl (C=O) groups excluding carboxylic acids is 3. The van der Waals surface area contributed by atoms with Crippen LogP contribution >= 0.6 is 0 Å². The molecule has 1 aliphatic carbocycles. The number of rotatable bonds is 8. The predicted octanol–water partition coefficient (Wildman–Crippen LogP) is 3.19. The number of amides is 1. The molecular formula is C21H28N2O6. The van der Waals surface area contributed by atoms with E-state index in [0.717, 1.165) is 5.56 Å². The van der Waals surface area contributed by atoms with E-state index in [4.69, 9.17) is 4.74 Å². The second kappa shape index (κ2) is 9.62. The molecule has 0 saturated heterocycles. The molecule has 8 heteroatoms. The van der Waals surface area contributed by atoms with Gasteiger partial charge in [0, 0.05) is 28.9 Å². The third kappa shape index (κ3) is 6.10. The molecule has 1 saturated carbocycles. The van der Waals surface area contributed by atoms with Gasteiger partial charge in [0.05, 0.1) is 6.42 Å². The lowest BCUT2D eigenvalue weighted by Gasteiger charge is -2.19. The van der Waals surface area contributed by atoms with Crippen LogP contribution < -0.4 is 5.32 Å². The fourth-order valence-electron chi connectivity index (χ4n) is 3.67. The summed E-state index contributed by atoms with van der Waals surface area (Å²) in [5.41, 5.74) is 1.73. The summed E-state index contributed by atoms with van der Waals surface area (Å²) in [6.45, 7) is 7.01. The minimum absolute atomic E-state index is 0.153. The van der Waals surface area contributed by atoms with Crippen LogP contribution in [-0.2, 0) is 19.1 Å². The van der Waals surface area contributed by atoms with Gasteiger partial charge in [-0.15, -0.1) is 0 Å². The van der Waals surface area contributed by atoms with E-state index in [9.17, 15) is 24.5 Å². The Morgan fingerprint density at radius 2 is 1.86 bits per heavy atom. The summed E-state index contributed by atoms with van der Waals surface area (Å²) >= 11 is 0. The van der Waals surface area contributed by atoms with Gasteiger partial charge in [-0.1, -0.05) is 32.9 Å². The maximum absolute atomic E-state index is 12.3. The van der Waals surface area contributed by atoms with Crippen LogP contribution in [0.2, 0.25) is 0 Å². The third-order valence-electron chi connectivity index (χ3n) is 5.45. The molecule has 8 nitrogen and oxygen atoms in total. The highest BCUT2D eigenvalue weighted by Crippen LogP contribution is 2.36. The predicted molar refractivity (Wildman–Crippen MR) is 107 cm³/mol. The van der Waals surface area contributed by atoms with Crippen molar-refractivity contribution < 1.29 is 24.0 Å². The number of carbonyl (C=O) groups is 3. The molecule has 4 atom stereocenters. The first-order chi connectivity index (χ1) is 13.6. The van der Waals surface area contributed by atoms with E-state index in [0.29, 0.717) is 11.6 Å². The standard InChI is InChI=1S/C21H28N2O6/c1-12(2)15-5-7-16(8-6-15)22-21(26)14(4)29-20(25)10-17-18(11-23(27)28)13(3)9-19(17)24/h5-8,12-14,17-18H,9-11H2,1-4H3,(H,22,26)/t13-,14+,17-,18-/m1/s1. The number of nitro groups is 1. The van der Waals surface area contributed by atoms with Crippen LogP contribution in [0.3, 0.4) is 0 Å². The SMILES string of the molecule is CC(C)c1ccc(NC(=O)[C@H](C)OC(=O)C[C@H]2C(=O)C[C@@H](C)[C@H]2C[N+](=O)[O-])cc1. The van der Waals surface area contributed by atoms with Gasteiger partial charge in [0.25, 0.3) is 5.91 Å². The average Bonchev–Trinajstić information content (AvgIpc) is 2.88. The van der Waals surface area contributed by atoms with E-state index in [2.05, 4.69) is 19.2 Å². The molecule has 0 heterocycles. The Kier molecular flexibility index (Phi) is 7.47. The number of ether oxygens (including phenoxy) is 1. The van der Waals surface area contributed by atoms with Gasteiger partial charge in [0.15, 0.2) is 6.10 Å². The second-order valence-corrected chi connectivity index (χ2v) is 8.04. The fraction of sp³-hybridized carbons (Fsp3) is 0.571. The Morgan fingerprint density at radius 3 is 2.41 bits per heavy atom. The summed E-state index contributed by atoms with van der Waals surface area (Å²) in [5, 5.41) is 13.5. The number of hydrogen-bond acceptors (Lipinski definition) is 6. The summed E-state index contributed by atoms with van der Waals surface area (Å²) in [5.74, 6) is -2.36. The molecule has 0 aromatic heterocycles. The van der Waals surface area contributed by atoms with Crippen molar-refractivity contribution in [2.45, 2.75) is 52.6 Å². The molecule has 158 valence electrons. The number of Topliss-reactive ketones (excluding diaryl/α,β-unsaturated/α-hetero) is 1. The highest BCUT2D eigenvalue weighted by molar-refractivity contribution is 5.95. The van der Waals surface area contributed by atoms with Crippen LogP contribution in [-0.4, -0.2) is 35.2 Å². The van der Waals surface area contributed by atoms with Crippen molar-refractivity contribution in [2.24, 2.45) is 17.8 Å². The quantitative estimate of drug-likeness (QED) is 0.404. The van der Waals surface area contributed by atoms with Crippen LogP contribution in [0.25, 0.3) is 0 Å². The van der Waals surface area contributed by atoms with Crippen molar-refractivity contribution >= 4 is 23.3 Å². The largest absolute Gasteiger partial charge is 0.453 e. The van der Waals surface area contributed by atoms with E-state index in [-0.39, 0.29) is 31.1 Å². The normalized spacial score (nSPS) is 22.4. The summed E-state index contributed by atoms with van der Waals surface area (Å²) in [6, 6.07) is 7.39. The Balaban J connectivity index is 1.91. The molecule has 1 aromatic carbocycles. The number of ketones is 1. The molecule has 1 N–H and O–H groups in total. The van der Waals surface area contributed by atoms with Crippen molar-refractivity contribution in [1.29, 1.82) is 0 Å². The van der Waals surface area contributed by atoms with Crippen LogP contribution in [0.15, 0.2) is 24.3 Å². The van der Waals surface area contributed by atoms with Gasteiger partial charge < -0.3 is 10.1 Å². The number of nitrogens with zero attached hydrogens (tertiary/aromatic N) is 1. The first-order valence-corrected chi connectivity index (χ1v) is 9.83. The molecule has 0 spiro atoms. The molecule has 2 rings (SSSR count). The van der Waals surface area contributed by atoms with E-state index < -0.39 is 34.7 Å². The first kappa shape index (κ1) is 22.5. The molecular weight excluding hydrogens is 376 g/mol. The van der Waals surface area contributed by atoms with Crippen molar-refractivity contribution in [3.8, 4) is 0 Å². The van der Waals surface area contributed by atoms with Crippen LogP contribution in [0, 0.1) is 27.9 Å². The Labute approximate surface area is 170 Å². The third-order valence-corrected chi connectivity index (χ3v) is 5.45. The summed E-state index contributed by atoms with van der Waals surface area (Å²) in [6.07, 6.45) is -1.07. The zero-order valence-electron chi connectivity index (χ0n) is 17.2. The van der Waals surface area contributed by atoms with Crippen molar-refractivity contribution in [3.05, 3.63) is 39.9 Å². The topological polar surface area (TPSA) is 116 Å². The summed E-state index contributed by atoms with van der Waals surface area (Å²) in [7, 11) is 0. The Morgan fingerprint density at radius 1 is 1.24 bits per heavy atom. The van der Waals surface area contributed by atoms with E-state index in [1.54, 1.807) is 19.1 Å². The van der Waals surface area contributed by atoms with Gasteiger partial charge in [-0.2, -0.15) is 0 Å². The number of benzene rings is 1. The Hall–Kier alpha value is -2.77. The van der Waals surface area contributed by atoms with Crippen LogP contribution in [0.5, 0.6) is 0 Å². The van der Waals surface area contributed by atoms with Gasteiger partial charge in [-0.25, -0.2) is 0 Å². The maximum Gasteiger partial charge on any atom is 0.307 e. The second-order valence-electron chi connectivity index (χ2n) is 8.04. The molecule has 0 bridgehead atoms. The molecule has 1 aliphatic rings. The van der Waals surface area contributed by atoms with Gasteiger partial charge in [-0.05, 0) is 36.5 Å². The van der Waals surface area contributed by atoms with Crippen molar-refractivity contribution in [3.63, 3.8) is 0 Å². The molecule has 0 aliphatic heterocycles. The van der Waals surface area contributed by atoms with Crippen LogP contribution in [0.1, 0.15) is 52.0 Å². The zero-order valence-corrected chi connectivity index (χ0v) is 17.2. The summed E-state index contributed by atoms with van der Waals surface area (Å²) < 4.78 is 5.17. The highest BCUT2D eigenvalue weighted by Gasteiger charge is 2.44. The first-order valence-electron chi connectivity index (χ1n) is 9.83. The maximum atomic E-state index is 12.3. The number of hydrogen-bond donors (Lipinski definition) is 1. The summed E-state index contributed by atoms with van der Waals surface area (Å²) in [4.78, 5) is 47.1. The lowest BCUT2D eigenvalue weighted by molar-refractivity contribution is -0.490. The average molecular weight is 404 g/mol. The lowest BCUT2D eigenvalue weighted by atomic mass is 9.88. The molecule has 0 unspecified atom stereocenters. The van der Waals surface area contributed by atoms with E-state index >= 15 is 0 Å². The number of nitrogens with one attached hydrogen (secondary N) is 1. The number of esters is 1. The highest BCUT2D eigenvalue weighted by atomic mass is 16.6. The van der Waals surface area contributed by atoms with Crippen molar-refractivity contribution in [2.75, 3.05) is 11.9 Å². The molecule has 0 radical (unpaired) electrons. The van der Waals surface area contributed by atoms with Gasteiger partial charge in [-0.3, -0.25) is 24.5 Å². The molecule has 1 aromatic rings. The lowest BCUT2D eigenvalue weighted by Crippen LogP contribution is -2.32. The monoisotopic (exact) mass is 404 g/mol. The van der Waals surface area contributed by atoms with E-state index in [1.807, 2.05) is 12.1 Å². The zero-order chi connectivity index (χ0) is 21.7.